The van der Waals surface area contributed by atoms with Crippen molar-refractivity contribution in [2.75, 3.05) is 26.7 Å². The number of hydrogen-bond acceptors (Lipinski definition) is 5. The molecule has 2 amide bonds. The maximum Gasteiger partial charge on any atom is 0.243 e. The lowest BCUT2D eigenvalue weighted by Gasteiger charge is -2.29. The van der Waals surface area contributed by atoms with E-state index in [0.717, 1.165) is 24.0 Å². The highest BCUT2D eigenvalue weighted by Crippen LogP contribution is 2.22. The van der Waals surface area contributed by atoms with E-state index in [-0.39, 0.29) is 29.7 Å². The fraction of sp³-hybridized carbons (Fsp3) is 0.407. The van der Waals surface area contributed by atoms with Crippen LogP contribution in [0.5, 0.6) is 5.75 Å². The molecule has 1 aliphatic rings. The van der Waals surface area contributed by atoms with Crippen LogP contribution in [0, 0.1) is 0 Å². The van der Waals surface area contributed by atoms with Gasteiger partial charge in [0.25, 0.3) is 0 Å². The van der Waals surface area contributed by atoms with Crippen LogP contribution in [0.1, 0.15) is 37.3 Å². The lowest BCUT2D eigenvalue weighted by atomic mass is 10.1. The first kappa shape index (κ1) is 27.4. The molecule has 8 nitrogen and oxygen atoms in total. The molecule has 9 heteroatoms. The molecule has 0 saturated carbocycles. The Bertz CT molecular complexity index is 1140. The van der Waals surface area contributed by atoms with Crippen LogP contribution in [0.3, 0.4) is 0 Å². The van der Waals surface area contributed by atoms with E-state index >= 15 is 0 Å². The Morgan fingerprint density at radius 2 is 1.69 bits per heavy atom. The molecule has 0 radical (unpaired) electrons. The first-order valence-corrected chi connectivity index (χ1v) is 13.6. The number of benzene rings is 2. The molecule has 0 spiro atoms. The fourth-order valence-electron chi connectivity index (χ4n) is 4.13. The molecular formula is C27H35N3O5S. The number of ether oxygens (including phenoxy) is 1. The number of carbonyl (C=O) groups is 2. The van der Waals surface area contributed by atoms with E-state index < -0.39 is 16.1 Å². The average Bonchev–Trinajstić information content (AvgIpc) is 3.45. The maximum atomic E-state index is 13.3. The molecule has 1 aliphatic heterocycles. The smallest absolute Gasteiger partial charge is 0.243 e. The summed E-state index contributed by atoms with van der Waals surface area (Å²) in [6.07, 6.45) is 3.98. The fourth-order valence-corrected chi connectivity index (χ4v) is 5.65. The molecule has 2 aromatic rings. The summed E-state index contributed by atoms with van der Waals surface area (Å²) < 4.78 is 32.2. The van der Waals surface area contributed by atoms with E-state index in [1.807, 2.05) is 24.3 Å². The van der Waals surface area contributed by atoms with E-state index in [9.17, 15) is 18.0 Å². The van der Waals surface area contributed by atoms with Crippen LogP contribution in [0.15, 0.2) is 66.1 Å². The van der Waals surface area contributed by atoms with Gasteiger partial charge >= 0.3 is 0 Å². The third-order valence-corrected chi connectivity index (χ3v) is 8.27. The zero-order chi connectivity index (χ0) is 26.1. The van der Waals surface area contributed by atoms with Gasteiger partial charge in [0.2, 0.25) is 21.8 Å². The third kappa shape index (κ3) is 6.95. The third-order valence-electron chi connectivity index (χ3n) is 6.35. The van der Waals surface area contributed by atoms with Gasteiger partial charge in [0, 0.05) is 32.6 Å². The minimum Gasteiger partial charge on any atom is -0.497 e. The van der Waals surface area contributed by atoms with Crippen LogP contribution in [0.4, 0.5) is 0 Å². The highest BCUT2D eigenvalue weighted by molar-refractivity contribution is 7.89. The first-order chi connectivity index (χ1) is 17.3. The van der Waals surface area contributed by atoms with Crippen molar-refractivity contribution >= 4 is 21.8 Å². The van der Waals surface area contributed by atoms with Gasteiger partial charge in [-0.2, -0.15) is 4.31 Å². The summed E-state index contributed by atoms with van der Waals surface area (Å²) in [6.45, 7) is 7.03. The lowest BCUT2D eigenvalue weighted by molar-refractivity contribution is -0.140. The van der Waals surface area contributed by atoms with Crippen LogP contribution in [0.2, 0.25) is 0 Å². The van der Waals surface area contributed by atoms with Crippen molar-refractivity contribution in [2.24, 2.45) is 0 Å². The average molecular weight is 514 g/mol. The minimum atomic E-state index is -3.47. The quantitative estimate of drug-likeness (QED) is 0.440. The van der Waals surface area contributed by atoms with Crippen molar-refractivity contribution in [1.82, 2.24) is 14.5 Å². The second kappa shape index (κ2) is 12.7. The highest BCUT2D eigenvalue weighted by Gasteiger charge is 2.28. The minimum absolute atomic E-state index is 0.166. The molecule has 2 aromatic carbocycles. The van der Waals surface area contributed by atoms with Crippen molar-refractivity contribution in [2.45, 2.75) is 50.1 Å². The van der Waals surface area contributed by atoms with E-state index in [1.54, 1.807) is 49.3 Å². The van der Waals surface area contributed by atoms with Crippen LogP contribution in [0.25, 0.3) is 0 Å². The second-order valence-electron chi connectivity index (χ2n) is 8.83. The van der Waals surface area contributed by atoms with Crippen LogP contribution < -0.4 is 10.1 Å². The largest absolute Gasteiger partial charge is 0.497 e. The van der Waals surface area contributed by atoms with E-state index in [0.29, 0.717) is 31.8 Å². The first-order valence-electron chi connectivity index (χ1n) is 12.2. The molecule has 0 bridgehead atoms. The zero-order valence-corrected chi connectivity index (χ0v) is 21.8. The monoisotopic (exact) mass is 513 g/mol. The van der Waals surface area contributed by atoms with Crippen molar-refractivity contribution < 1.29 is 22.7 Å². The Balaban J connectivity index is 1.69. The maximum absolute atomic E-state index is 13.3. The number of carbonyl (C=O) groups excluding carboxylic acids is 2. The number of nitrogens with zero attached hydrogens (tertiary/aromatic N) is 2. The van der Waals surface area contributed by atoms with Gasteiger partial charge in [0.05, 0.1) is 12.0 Å². The molecule has 0 unspecified atom stereocenters. The molecule has 3 rings (SSSR count). The summed E-state index contributed by atoms with van der Waals surface area (Å²) in [5.74, 6) is 0.290. The van der Waals surface area contributed by atoms with Gasteiger partial charge in [-0.05, 0) is 61.6 Å². The van der Waals surface area contributed by atoms with Gasteiger partial charge in [0.15, 0.2) is 0 Å². The van der Waals surface area contributed by atoms with Gasteiger partial charge in [-0.1, -0.05) is 30.3 Å². The van der Waals surface area contributed by atoms with E-state index in [2.05, 4.69) is 11.9 Å². The number of methoxy groups -OCH3 is 1. The zero-order valence-electron chi connectivity index (χ0n) is 21.0. The summed E-state index contributed by atoms with van der Waals surface area (Å²) in [5.41, 5.74) is 1.74. The Kier molecular flexibility index (Phi) is 9.66. The Labute approximate surface area is 214 Å². The number of rotatable bonds is 12. The summed E-state index contributed by atoms with van der Waals surface area (Å²) >= 11 is 0. The van der Waals surface area contributed by atoms with Crippen LogP contribution in [-0.2, 0) is 32.6 Å². The Morgan fingerprint density at radius 3 is 2.28 bits per heavy atom. The standard InChI is InChI=1S/C27H35N3O5S/c1-4-17-28-27(32)21(2)30(20-23-7-12-24(35-3)13-8-23)26(31)16-11-22-9-14-25(15-10-22)36(33,34)29-18-5-6-19-29/h4,7-10,12-15,21H,1,5-6,11,16-20H2,2-3H3,(H,28,32)/t21-/m1/s1. The van der Waals surface area contributed by atoms with Crippen molar-refractivity contribution in [3.8, 4) is 5.75 Å². The lowest BCUT2D eigenvalue weighted by Crippen LogP contribution is -2.47. The van der Waals surface area contributed by atoms with E-state index in [1.165, 1.54) is 4.31 Å². The summed E-state index contributed by atoms with van der Waals surface area (Å²) in [5, 5.41) is 2.76. The summed E-state index contributed by atoms with van der Waals surface area (Å²) in [6, 6.07) is 13.4. The predicted molar refractivity (Wildman–Crippen MR) is 139 cm³/mol. The number of amides is 2. The van der Waals surface area contributed by atoms with Crippen LogP contribution >= 0.6 is 0 Å². The Morgan fingerprint density at radius 1 is 1.08 bits per heavy atom. The summed E-state index contributed by atoms with van der Waals surface area (Å²) in [7, 11) is -1.88. The number of hydrogen-bond donors (Lipinski definition) is 1. The molecule has 1 heterocycles. The SMILES string of the molecule is C=CCNC(=O)[C@@H](C)N(Cc1ccc(OC)cc1)C(=O)CCc1ccc(S(=O)(=O)N2CCCC2)cc1. The molecule has 0 aromatic heterocycles. The van der Waals surface area contributed by atoms with Gasteiger partial charge < -0.3 is 15.0 Å². The predicted octanol–water partition coefficient (Wildman–Crippen LogP) is 3.13. The molecule has 194 valence electrons. The normalized spacial score (nSPS) is 14.7. The van der Waals surface area contributed by atoms with Gasteiger partial charge in [-0.3, -0.25) is 9.59 Å². The van der Waals surface area contributed by atoms with E-state index in [4.69, 9.17) is 4.74 Å². The van der Waals surface area contributed by atoms with Crippen LogP contribution in [-0.4, -0.2) is 62.2 Å². The number of sulfonamides is 1. The highest BCUT2D eigenvalue weighted by atomic mass is 32.2. The summed E-state index contributed by atoms with van der Waals surface area (Å²) in [4.78, 5) is 27.7. The van der Waals surface area contributed by atoms with Gasteiger partial charge in [-0.15, -0.1) is 6.58 Å². The molecule has 1 atom stereocenters. The van der Waals surface area contributed by atoms with Crippen molar-refractivity contribution in [3.05, 3.63) is 72.3 Å². The topological polar surface area (TPSA) is 96.0 Å². The molecular weight excluding hydrogens is 478 g/mol. The Hall–Kier alpha value is -3.17. The second-order valence-corrected chi connectivity index (χ2v) is 10.8. The van der Waals surface area contributed by atoms with Gasteiger partial charge in [0.1, 0.15) is 11.8 Å². The molecule has 36 heavy (non-hydrogen) atoms. The molecule has 1 N–H and O–H groups in total. The van der Waals surface area contributed by atoms with Crippen molar-refractivity contribution in [3.63, 3.8) is 0 Å². The molecule has 1 fully saturated rings. The van der Waals surface area contributed by atoms with Crippen molar-refractivity contribution in [1.29, 1.82) is 0 Å². The van der Waals surface area contributed by atoms with Gasteiger partial charge in [-0.25, -0.2) is 8.42 Å². The number of nitrogens with one attached hydrogen (secondary N) is 1. The molecule has 0 aliphatic carbocycles. The number of aryl methyl sites for hydroxylation is 1. The molecule has 1 saturated heterocycles.